The summed E-state index contributed by atoms with van der Waals surface area (Å²) in [4.78, 5) is 4.50. The van der Waals surface area contributed by atoms with E-state index in [1.165, 1.54) is 65.9 Å². The Kier molecular flexibility index (Phi) is 3.76. The zero-order valence-electron chi connectivity index (χ0n) is 20.3. The van der Waals surface area contributed by atoms with Gasteiger partial charge >= 0.3 is 0 Å². The Hall–Kier alpha value is -4.43. The molecule has 0 atom stereocenters. The molecule has 7 aromatic rings. The van der Waals surface area contributed by atoms with Gasteiger partial charge in [0.15, 0.2) is 0 Å². The van der Waals surface area contributed by atoms with Gasteiger partial charge in [0.25, 0.3) is 0 Å². The van der Waals surface area contributed by atoms with E-state index in [0.29, 0.717) is 0 Å². The van der Waals surface area contributed by atoms with Crippen molar-refractivity contribution in [2.75, 3.05) is 0 Å². The molecule has 8 rings (SSSR count). The minimum atomic E-state index is -0.108. The van der Waals surface area contributed by atoms with Gasteiger partial charge in [0.1, 0.15) is 0 Å². The van der Waals surface area contributed by atoms with Crippen molar-refractivity contribution in [3.63, 3.8) is 0 Å². The molecule has 0 radical (unpaired) electrons. The highest BCUT2D eigenvalue weighted by molar-refractivity contribution is 6.26. The van der Waals surface area contributed by atoms with Crippen LogP contribution >= 0.6 is 0 Å². The van der Waals surface area contributed by atoms with Crippen molar-refractivity contribution in [3.8, 4) is 16.8 Å². The minimum Gasteiger partial charge on any atom is -0.308 e. The van der Waals surface area contributed by atoms with E-state index in [9.17, 15) is 0 Å². The lowest BCUT2D eigenvalue weighted by molar-refractivity contribution is 0.667. The summed E-state index contributed by atoms with van der Waals surface area (Å²) in [5.41, 5.74) is 9.17. The predicted octanol–water partition coefficient (Wildman–Crippen LogP) is 8.79. The van der Waals surface area contributed by atoms with Gasteiger partial charge in [0.2, 0.25) is 0 Å². The Labute approximate surface area is 209 Å². The van der Waals surface area contributed by atoms with Crippen molar-refractivity contribution < 1.29 is 0 Å². The van der Waals surface area contributed by atoms with Crippen molar-refractivity contribution in [1.29, 1.82) is 0 Å². The third kappa shape index (κ3) is 2.34. The topological polar surface area (TPSA) is 17.8 Å². The summed E-state index contributed by atoms with van der Waals surface area (Å²) in [6.07, 6.45) is 3.88. The van der Waals surface area contributed by atoms with Crippen LogP contribution in [0, 0.1) is 0 Å². The first-order valence-electron chi connectivity index (χ1n) is 12.6. The van der Waals surface area contributed by atoms with Gasteiger partial charge in [-0.25, -0.2) is 0 Å². The highest BCUT2D eigenvalue weighted by Gasteiger charge is 2.39. The molecule has 0 bridgehead atoms. The van der Waals surface area contributed by atoms with Crippen LogP contribution in [0.4, 0.5) is 0 Å². The number of fused-ring (bicyclic) bond motifs is 11. The quantitative estimate of drug-likeness (QED) is 0.239. The Morgan fingerprint density at radius 2 is 1.42 bits per heavy atom. The molecule has 0 unspecified atom stereocenters. The summed E-state index contributed by atoms with van der Waals surface area (Å²) in [6.45, 7) is 4.78. The van der Waals surface area contributed by atoms with Crippen molar-refractivity contribution in [2.24, 2.45) is 0 Å². The van der Waals surface area contributed by atoms with Gasteiger partial charge in [-0.1, -0.05) is 92.7 Å². The number of rotatable bonds is 1. The van der Waals surface area contributed by atoms with Crippen LogP contribution in [0.2, 0.25) is 0 Å². The number of para-hydroxylation sites is 1. The first-order chi connectivity index (χ1) is 17.7. The Morgan fingerprint density at radius 1 is 0.667 bits per heavy atom. The number of pyridine rings is 1. The summed E-state index contributed by atoms with van der Waals surface area (Å²) in [6, 6.07) is 35.5. The lowest BCUT2D eigenvalue weighted by Crippen LogP contribution is -2.15. The van der Waals surface area contributed by atoms with E-state index in [2.05, 4.69) is 120 Å². The van der Waals surface area contributed by atoms with Gasteiger partial charge in [0.05, 0.1) is 16.7 Å². The molecule has 0 aliphatic heterocycles. The van der Waals surface area contributed by atoms with E-state index in [1.807, 2.05) is 12.4 Å². The molecule has 1 aliphatic carbocycles. The zero-order valence-corrected chi connectivity index (χ0v) is 20.3. The van der Waals surface area contributed by atoms with Gasteiger partial charge < -0.3 is 4.57 Å². The second kappa shape index (κ2) is 6.83. The molecule has 2 heteroatoms. The molecular weight excluding hydrogens is 436 g/mol. The summed E-state index contributed by atoms with van der Waals surface area (Å²) in [5.74, 6) is 0. The normalized spacial score (nSPS) is 14.1. The molecule has 2 nitrogen and oxygen atoms in total. The van der Waals surface area contributed by atoms with E-state index in [1.54, 1.807) is 0 Å². The van der Waals surface area contributed by atoms with Crippen molar-refractivity contribution >= 4 is 43.4 Å². The first-order valence-corrected chi connectivity index (χ1v) is 12.6. The molecule has 2 heterocycles. The van der Waals surface area contributed by atoms with Crippen LogP contribution in [-0.4, -0.2) is 9.55 Å². The lowest BCUT2D eigenvalue weighted by Gasteiger charge is -2.23. The fourth-order valence-corrected chi connectivity index (χ4v) is 6.74. The number of hydrogen-bond donors (Lipinski definition) is 0. The highest BCUT2D eigenvalue weighted by Crippen LogP contribution is 2.56. The van der Waals surface area contributed by atoms with Crippen LogP contribution in [0.1, 0.15) is 25.0 Å². The van der Waals surface area contributed by atoms with Crippen molar-refractivity contribution in [2.45, 2.75) is 19.3 Å². The molecule has 2 aromatic heterocycles. The van der Waals surface area contributed by atoms with Crippen LogP contribution < -0.4 is 0 Å². The van der Waals surface area contributed by atoms with E-state index in [4.69, 9.17) is 0 Å². The second-order valence-electron chi connectivity index (χ2n) is 10.4. The van der Waals surface area contributed by atoms with Crippen LogP contribution in [0.3, 0.4) is 0 Å². The highest BCUT2D eigenvalue weighted by atomic mass is 15.0. The Bertz CT molecular complexity index is 2020. The molecule has 36 heavy (non-hydrogen) atoms. The molecule has 170 valence electrons. The summed E-state index contributed by atoms with van der Waals surface area (Å²) in [5, 5.41) is 7.63. The summed E-state index contributed by atoms with van der Waals surface area (Å²) < 4.78 is 2.48. The molecule has 0 spiro atoms. The molecule has 1 aliphatic rings. The molecular formula is C34H24N2. The number of aromatic nitrogens is 2. The zero-order chi connectivity index (χ0) is 24.0. The maximum atomic E-state index is 4.50. The second-order valence-corrected chi connectivity index (χ2v) is 10.4. The average molecular weight is 461 g/mol. The van der Waals surface area contributed by atoms with E-state index >= 15 is 0 Å². The van der Waals surface area contributed by atoms with Crippen molar-refractivity contribution in [3.05, 3.63) is 121 Å². The van der Waals surface area contributed by atoms with E-state index < -0.39 is 0 Å². The van der Waals surface area contributed by atoms with E-state index in [-0.39, 0.29) is 5.41 Å². The standard InChI is InChI=1S/C34H24N2/c1-34(2)27-15-7-5-13-24(27)30-22-11-3-4-12-23(22)33-31(32(30)34)25-14-6-8-16-28(25)36(33)29-17-9-10-21-18-19-35-20-26(21)29/h3-20H,1-2H3. The number of benzene rings is 5. The Morgan fingerprint density at radius 3 is 2.31 bits per heavy atom. The molecule has 0 saturated heterocycles. The van der Waals surface area contributed by atoms with Gasteiger partial charge in [0, 0.05) is 39.4 Å². The largest absolute Gasteiger partial charge is 0.308 e. The third-order valence-electron chi connectivity index (χ3n) is 8.22. The van der Waals surface area contributed by atoms with Crippen LogP contribution in [0.25, 0.3) is 60.2 Å². The van der Waals surface area contributed by atoms with Crippen LogP contribution in [0.15, 0.2) is 109 Å². The molecule has 5 aromatic carbocycles. The first kappa shape index (κ1) is 19.8. The van der Waals surface area contributed by atoms with Gasteiger partial charge in [-0.3, -0.25) is 4.98 Å². The monoisotopic (exact) mass is 460 g/mol. The lowest BCUT2D eigenvalue weighted by atomic mass is 9.79. The molecule has 0 N–H and O–H groups in total. The van der Waals surface area contributed by atoms with Gasteiger partial charge in [-0.15, -0.1) is 0 Å². The number of nitrogens with zero attached hydrogens (tertiary/aromatic N) is 2. The number of hydrogen-bond acceptors (Lipinski definition) is 1. The fourth-order valence-electron chi connectivity index (χ4n) is 6.74. The average Bonchev–Trinajstić information content (AvgIpc) is 3.38. The SMILES string of the molecule is CC1(C)c2ccccc2-c2c1c1c3ccccc3n(-c3cccc4ccncc34)c1c1ccccc21. The fraction of sp³-hybridized carbons (Fsp3) is 0.0882. The predicted molar refractivity (Wildman–Crippen MR) is 151 cm³/mol. The minimum absolute atomic E-state index is 0.108. The summed E-state index contributed by atoms with van der Waals surface area (Å²) >= 11 is 0. The van der Waals surface area contributed by atoms with Gasteiger partial charge in [-0.05, 0) is 51.2 Å². The third-order valence-corrected chi connectivity index (χ3v) is 8.22. The van der Waals surface area contributed by atoms with Crippen LogP contribution in [0.5, 0.6) is 0 Å². The molecule has 0 amide bonds. The van der Waals surface area contributed by atoms with Crippen molar-refractivity contribution in [1.82, 2.24) is 9.55 Å². The molecule has 0 saturated carbocycles. The van der Waals surface area contributed by atoms with E-state index in [0.717, 1.165) is 5.39 Å². The maximum absolute atomic E-state index is 4.50. The smallest absolute Gasteiger partial charge is 0.0623 e. The Balaban J connectivity index is 1.69. The van der Waals surface area contributed by atoms with Crippen LogP contribution in [-0.2, 0) is 5.41 Å². The maximum Gasteiger partial charge on any atom is 0.0623 e. The molecule has 0 fully saturated rings. The van der Waals surface area contributed by atoms with Gasteiger partial charge in [-0.2, -0.15) is 0 Å². The summed E-state index contributed by atoms with van der Waals surface area (Å²) in [7, 11) is 0.